The molecule has 0 radical (unpaired) electrons. The molecule has 0 atom stereocenters. The molecule has 0 saturated heterocycles. The Morgan fingerprint density at radius 3 is 1.98 bits per heavy atom. The number of hydrogen-bond acceptors (Lipinski definition) is 13. The van der Waals surface area contributed by atoms with E-state index >= 15 is 0 Å². The van der Waals surface area contributed by atoms with E-state index < -0.39 is 17.9 Å². The zero-order valence-corrected chi connectivity index (χ0v) is 31.3. The van der Waals surface area contributed by atoms with E-state index in [2.05, 4.69) is 40.5 Å². The highest BCUT2D eigenvalue weighted by Gasteiger charge is 2.13. The lowest BCUT2D eigenvalue weighted by Crippen LogP contribution is -2.11. The van der Waals surface area contributed by atoms with Crippen molar-refractivity contribution in [3.63, 3.8) is 0 Å². The van der Waals surface area contributed by atoms with Crippen LogP contribution in [0.15, 0.2) is 116 Å². The van der Waals surface area contributed by atoms with E-state index in [1.807, 2.05) is 0 Å². The third kappa shape index (κ3) is 12.6. The van der Waals surface area contributed by atoms with Crippen LogP contribution in [0.25, 0.3) is 10.6 Å². The molecule has 0 spiro atoms. The van der Waals surface area contributed by atoms with Crippen molar-refractivity contribution >= 4 is 47.1 Å². The van der Waals surface area contributed by atoms with Gasteiger partial charge in [0.25, 0.3) is 5.91 Å². The molecule has 14 heteroatoms. The molecule has 0 aliphatic heterocycles. The number of amides is 1. The zero-order valence-electron chi connectivity index (χ0n) is 30.4. The summed E-state index contributed by atoms with van der Waals surface area (Å²) >= 11 is 1.24. The average Bonchev–Trinajstić information content (AvgIpc) is 3.72. The molecule has 1 heterocycles. The number of carbonyl (C=O) groups excluding carboxylic acids is 5. The molecule has 0 aliphatic rings. The molecule has 5 rings (SSSR count). The van der Waals surface area contributed by atoms with E-state index in [0.717, 1.165) is 17.7 Å². The second-order valence-electron chi connectivity index (χ2n) is 11.6. The second-order valence-corrected chi connectivity index (χ2v) is 12.6. The number of benzene rings is 4. The molecular formula is C43H35N3O10S. The van der Waals surface area contributed by atoms with Crippen molar-refractivity contribution in [2.24, 2.45) is 0 Å². The van der Waals surface area contributed by atoms with E-state index in [4.69, 9.17) is 23.7 Å². The second kappa shape index (κ2) is 20.9. The average molecular weight is 786 g/mol. The first-order valence-electron chi connectivity index (χ1n) is 17.4. The summed E-state index contributed by atoms with van der Waals surface area (Å²) in [5.41, 5.74) is 2.67. The fraction of sp³-hybridized carbons (Fsp3) is 0.140. The van der Waals surface area contributed by atoms with E-state index in [9.17, 15) is 24.0 Å². The molecule has 57 heavy (non-hydrogen) atoms. The van der Waals surface area contributed by atoms with Gasteiger partial charge in [0.15, 0.2) is 11.3 Å². The van der Waals surface area contributed by atoms with Gasteiger partial charge in [0.2, 0.25) is 0 Å². The van der Waals surface area contributed by atoms with Crippen LogP contribution >= 0.6 is 11.3 Å². The molecular weight excluding hydrogens is 751 g/mol. The molecule has 288 valence electrons. The van der Waals surface area contributed by atoms with Crippen molar-refractivity contribution in [2.75, 3.05) is 31.7 Å². The number of nitrogens with zero attached hydrogens (tertiary/aromatic N) is 2. The van der Waals surface area contributed by atoms with Gasteiger partial charge < -0.3 is 29.0 Å². The number of aldehydes is 1. The molecule has 13 nitrogen and oxygen atoms in total. The molecule has 1 aromatic heterocycles. The topological polar surface area (TPSA) is 169 Å². The lowest BCUT2D eigenvalue weighted by atomic mass is 10.1. The van der Waals surface area contributed by atoms with Gasteiger partial charge in [-0.05, 0) is 97.6 Å². The van der Waals surface area contributed by atoms with Gasteiger partial charge in [-0.2, -0.15) is 0 Å². The minimum absolute atomic E-state index is 0.0487. The molecule has 4 aromatic carbocycles. The molecule has 0 fully saturated rings. The predicted molar refractivity (Wildman–Crippen MR) is 211 cm³/mol. The van der Waals surface area contributed by atoms with Gasteiger partial charge in [-0.25, -0.2) is 14.4 Å². The number of nitrogens with one attached hydrogen (secondary N) is 1. The molecule has 0 bridgehead atoms. The van der Waals surface area contributed by atoms with E-state index in [1.54, 1.807) is 66.7 Å². The normalized spacial score (nSPS) is 10.2. The van der Waals surface area contributed by atoms with Crippen molar-refractivity contribution in [1.29, 1.82) is 0 Å². The van der Waals surface area contributed by atoms with Crippen molar-refractivity contribution in [1.82, 2.24) is 10.2 Å². The first-order valence-corrected chi connectivity index (χ1v) is 18.2. The highest BCUT2D eigenvalue weighted by molar-refractivity contribution is 7.15. The van der Waals surface area contributed by atoms with Crippen molar-refractivity contribution in [2.45, 2.75) is 12.8 Å². The summed E-state index contributed by atoms with van der Waals surface area (Å²) in [5.74, 6) is 5.21. The summed E-state index contributed by atoms with van der Waals surface area (Å²) in [4.78, 5) is 59.6. The number of ether oxygens (including phenoxy) is 5. The molecule has 0 unspecified atom stereocenters. The Balaban J connectivity index is 1.10. The lowest BCUT2D eigenvalue weighted by Gasteiger charge is -2.09. The summed E-state index contributed by atoms with van der Waals surface area (Å²) in [6.45, 7) is 7.61. The number of carbonyl (C=O) groups is 5. The molecule has 5 aromatic rings. The third-order valence-corrected chi connectivity index (χ3v) is 8.56. The van der Waals surface area contributed by atoms with Crippen LogP contribution in [0.5, 0.6) is 17.2 Å². The summed E-state index contributed by atoms with van der Waals surface area (Å²) in [6, 6.07) is 24.6. The highest BCUT2D eigenvalue weighted by Crippen LogP contribution is 2.25. The number of rotatable bonds is 18. The van der Waals surface area contributed by atoms with Gasteiger partial charge in [-0.1, -0.05) is 42.5 Å². The zero-order chi connectivity index (χ0) is 40.4. The summed E-state index contributed by atoms with van der Waals surface area (Å²) < 4.78 is 26.4. The number of aromatic nitrogens is 2. The van der Waals surface area contributed by atoms with E-state index in [0.29, 0.717) is 70.7 Å². The SMILES string of the molecule is C=CC(=O)OCCCCOc1ccc(NC(=O)c2ccc(-c3nnc(C#Cc4ccc(OC(=O)c5ccc(OCCOC(=O)C=C)cc5)cc4C=O)s3)cc2)cc1. The fourth-order valence-corrected chi connectivity index (χ4v) is 5.47. The van der Waals surface area contributed by atoms with Crippen molar-refractivity contribution in [3.8, 4) is 39.7 Å². The Kier molecular flexibility index (Phi) is 15.0. The van der Waals surface area contributed by atoms with Gasteiger partial charge in [0.05, 0.1) is 18.8 Å². The largest absolute Gasteiger partial charge is 0.494 e. The first-order chi connectivity index (χ1) is 27.7. The van der Waals surface area contributed by atoms with Crippen LogP contribution in [-0.2, 0) is 19.1 Å². The quantitative estimate of drug-likeness (QED) is 0.0244. The van der Waals surface area contributed by atoms with Crippen LogP contribution in [0, 0.1) is 11.8 Å². The Morgan fingerprint density at radius 1 is 0.684 bits per heavy atom. The maximum atomic E-state index is 12.9. The number of anilines is 1. The third-order valence-electron chi connectivity index (χ3n) is 7.67. The Morgan fingerprint density at radius 2 is 1.30 bits per heavy atom. The molecule has 1 N–H and O–H groups in total. The number of hydrogen-bond donors (Lipinski definition) is 1. The molecule has 1 amide bonds. The van der Waals surface area contributed by atoms with E-state index in [1.165, 1.54) is 35.6 Å². The Bertz CT molecular complexity index is 2290. The van der Waals surface area contributed by atoms with Crippen LogP contribution in [0.3, 0.4) is 0 Å². The molecule has 0 aliphatic carbocycles. The molecule has 0 saturated carbocycles. The van der Waals surface area contributed by atoms with Crippen molar-refractivity contribution < 1.29 is 47.7 Å². The van der Waals surface area contributed by atoms with Gasteiger partial charge in [0, 0.05) is 40.1 Å². The van der Waals surface area contributed by atoms with Gasteiger partial charge in [-0.15, -0.1) is 10.2 Å². The van der Waals surface area contributed by atoms with Gasteiger partial charge in [0.1, 0.15) is 35.5 Å². The summed E-state index contributed by atoms with van der Waals surface area (Å²) in [5, 5.41) is 12.2. The number of esters is 3. The van der Waals surface area contributed by atoms with Gasteiger partial charge in [-0.3, -0.25) is 9.59 Å². The van der Waals surface area contributed by atoms with Crippen LogP contribution < -0.4 is 19.5 Å². The summed E-state index contributed by atoms with van der Waals surface area (Å²) in [6.07, 6.45) is 4.18. The van der Waals surface area contributed by atoms with Crippen LogP contribution in [0.4, 0.5) is 5.69 Å². The van der Waals surface area contributed by atoms with E-state index in [-0.39, 0.29) is 36.0 Å². The number of unbranched alkanes of at least 4 members (excludes halogenated alkanes) is 1. The summed E-state index contributed by atoms with van der Waals surface area (Å²) in [7, 11) is 0. The monoisotopic (exact) mass is 785 g/mol. The fourth-order valence-electron chi connectivity index (χ4n) is 4.77. The van der Waals surface area contributed by atoms with Crippen LogP contribution in [0.2, 0.25) is 0 Å². The minimum atomic E-state index is -0.639. The predicted octanol–water partition coefficient (Wildman–Crippen LogP) is 6.89. The van der Waals surface area contributed by atoms with Crippen LogP contribution in [0.1, 0.15) is 54.5 Å². The van der Waals surface area contributed by atoms with Gasteiger partial charge >= 0.3 is 17.9 Å². The van der Waals surface area contributed by atoms with Crippen molar-refractivity contribution in [3.05, 3.63) is 144 Å². The lowest BCUT2D eigenvalue weighted by molar-refractivity contribution is -0.139. The Hall–Kier alpha value is -7.37. The maximum Gasteiger partial charge on any atom is 0.343 e. The first kappa shape index (κ1) is 40.8. The smallest absolute Gasteiger partial charge is 0.343 e. The highest BCUT2D eigenvalue weighted by atomic mass is 32.1. The standard InChI is InChI=1S/C43H35N3O10S/c1-3-39(48)54-24-6-5-23-52-36-20-15-34(16-21-36)44-41(50)30-7-9-31(10-8-30)42-46-45-38(57-42)22-14-29-11-19-37(27-33(29)28-47)56-43(51)32-12-17-35(18-13-32)53-25-26-55-40(49)4-2/h3-4,7-13,15-21,27-28H,1-2,5-6,23-26H2,(H,44,50). The Labute approximate surface area is 331 Å². The minimum Gasteiger partial charge on any atom is -0.494 e. The maximum absolute atomic E-state index is 12.9. The van der Waals surface area contributed by atoms with Crippen LogP contribution in [-0.4, -0.2) is 66.7 Å².